The first-order chi connectivity index (χ1) is 13.1. The van der Waals surface area contributed by atoms with Crippen molar-refractivity contribution < 1.29 is 19.1 Å². The number of carbonyl (C=O) groups excluding carboxylic acids is 2. The number of unbranched alkanes of at least 4 members (excludes halogenated alkanes) is 1. The van der Waals surface area contributed by atoms with Crippen molar-refractivity contribution >= 4 is 17.5 Å². The zero-order valence-corrected chi connectivity index (χ0v) is 16.3. The molecule has 5 heteroatoms. The van der Waals surface area contributed by atoms with Crippen LogP contribution in [0.3, 0.4) is 0 Å². The number of esters is 1. The molecule has 0 spiro atoms. The molecule has 1 heterocycles. The number of rotatable bonds is 6. The molecule has 0 bridgehead atoms. The molecule has 0 N–H and O–H groups in total. The zero-order chi connectivity index (χ0) is 19.4. The van der Waals surface area contributed by atoms with Gasteiger partial charge in [0.25, 0.3) is 0 Å². The molecule has 0 radical (unpaired) electrons. The Bertz CT molecular complexity index is 793. The molecular weight excluding hydrogens is 342 g/mol. The maximum atomic E-state index is 12.8. The maximum Gasteiger partial charge on any atom is 0.315 e. The van der Waals surface area contributed by atoms with Gasteiger partial charge in [0, 0.05) is 34.9 Å². The number of nitrogens with zero attached hydrogens (tertiary/aromatic N) is 1. The number of ketones is 1. The predicted octanol–water partition coefficient (Wildman–Crippen LogP) is 4.22. The van der Waals surface area contributed by atoms with Crippen molar-refractivity contribution in [3.8, 4) is 5.75 Å². The SMILES string of the molecule is CCCCOc1ccccc1[C@@H]1C2=C(CCCC2=O)N=C(C)[C@H]1C(=O)OC. The molecule has 0 unspecified atom stereocenters. The highest BCUT2D eigenvalue weighted by Crippen LogP contribution is 2.46. The summed E-state index contributed by atoms with van der Waals surface area (Å²) < 4.78 is 11.1. The fraction of sp³-hybridized carbons (Fsp3) is 0.500. The van der Waals surface area contributed by atoms with E-state index in [4.69, 9.17) is 9.47 Å². The Labute approximate surface area is 160 Å². The normalized spacial score (nSPS) is 22.2. The lowest BCUT2D eigenvalue weighted by Crippen LogP contribution is -2.37. The lowest BCUT2D eigenvalue weighted by molar-refractivity contribution is -0.143. The Morgan fingerprint density at radius 2 is 2.04 bits per heavy atom. The van der Waals surface area contributed by atoms with Gasteiger partial charge in [0.15, 0.2) is 5.78 Å². The minimum Gasteiger partial charge on any atom is -0.493 e. The molecule has 0 aromatic heterocycles. The van der Waals surface area contributed by atoms with E-state index in [1.807, 2.05) is 31.2 Å². The molecule has 1 aromatic rings. The summed E-state index contributed by atoms with van der Waals surface area (Å²) in [7, 11) is 1.38. The van der Waals surface area contributed by atoms with Crippen molar-refractivity contribution in [2.24, 2.45) is 10.9 Å². The van der Waals surface area contributed by atoms with Gasteiger partial charge in [-0.05, 0) is 32.3 Å². The topological polar surface area (TPSA) is 65.0 Å². The van der Waals surface area contributed by atoms with Gasteiger partial charge in [0.2, 0.25) is 0 Å². The number of aliphatic imine (C=N–C) groups is 1. The molecule has 0 amide bonds. The Balaban J connectivity index is 2.11. The molecule has 0 saturated carbocycles. The predicted molar refractivity (Wildman–Crippen MR) is 104 cm³/mol. The Morgan fingerprint density at radius 3 is 2.78 bits per heavy atom. The molecule has 2 aliphatic rings. The van der Waals surface area contributed by atoms with Gasteiger partial charge in [-0.15, -0.1) is 0 Å². The van der Waals surface area contributed by atoms with Gasteiger partial charge in [-0.2, -0.15) is 0 Å². The van der Waals surface area contributed by atoms with Crippen molar-refractivity contribution in [3.05, 3.63) is 41.1 Å². The van der Waals surface area contributed by atoms with Crippen LogP contribution in [0.1, 0.15) is 57.4 Å². The van der Waals surface area contributed by atoms with Crippen molar-refractivity contribution in [3.63, 3.8) is 0 Å². The van der Waals surface area contributed by atoms with Gasteiger partial charge in [-0.25, -0.2) is 0 Å². The van der Waals surface area contributed by atoms with Gasteiger partial charge in [-0.1, -0.05) is 31.5 Å². The van der Waals surface area contributed by atoms with E-state index in [2.05, 4.69) is 11.9 Å². The van der Waals surface area contributed by atoms with Gasteiger partial charge >= 0.3 is 5.97 Å². The highest BCUT2D eigenvalue weighted by molar-refractivity contribution is 6.08. The zero-order valence-electron chi connectivity index (χ0n) is 16.3. The first-order valence-electron chi connectivity index (χ1n) is 9.69. The molecule has 1 aliphatic heterocycles. The van der Waals surface area contributed by atoms with E-state index in [-0.39, 0.29) is 11.8 Å². The summed E-state index contributed by atoms with van der Waals surface area (Å²) >= 11 is 0. The third kappa shape index (κ3) is 3.82. The van der Waals surface area contributed by atoms with Gasteiger partial charge in [0.05, 0.1) is 13.7 Å². The lowest BCUT2D eigenvalue weighted by atomic mass is 9.71. The summed E-state index contributed by atoms with van der Waals surface area (Å²) in [6, 6.07) is 7.70. The van der Waals surface area contributed by atoms with Crippen LogP contribution in [-0.2, 0) is 14.3 Å². The fourth-order valence-corrected chi connectivity index (χ4v) is 3.97. The molecular formula is C22H27NO4. The number of Topliss-reactive ketones (excluding diaryl/α,β-unsaturated/α-hetero) is 1. The summed E-state index contributed by atoms with van der Waals surface area (Å²) in [6.45, 7) is 4.56. The van der Waals surface area contributed by atoms with Crippen LogP contribution in [0.5, 0.6) is 5.75 Å². The molecule has 5 nitrogen and oxygen atoms in total. The summed E-state index contributed by atoms with van der Waals surface area (Å²) in [4.78, 5) is 30.1. The Hall–Kier alpha value is -2.43. The standard InChI is InChI=1S/C22H27NO4/c1-4-5-13-27-18-12-7-6-9-15(18)20-19(22(25)26-3)14(2)23-16-10-8-11-17(24)21(16)20/h6-7,9,12,19-20H,4-5,8,10-11,13H2,1-3H3/t19-,20+/m1/s1. The Morgan fingerprint density at radius 1 is 1.26 bits per heavy atom. The van der Waals surface area contributed by atoms with E-state index < -0.39 is 11.8 Å². The van der Waals surface area contributed by atoms with Crippen molar-refractivity contribution in [2.75, 3.05) is 13.7 Å². The number of para-hydroxylation sites is 1. The lowest BCUT2D eigenvalue weighted by Gasteiger charge is -2.34. The number of methoxy groups -OCH3 is 1. The highest BCUT2D eigenvalue weighted by Gasteiger charge is 2.43. The average molecular weight is 369 g/mol. The van der Waals surface area contributed by atoms with Crippen LogP contribution >= 0.6 is 0 Å². The maximum absolute atomic E-state index is 12.8. The second-order valence-corrected chi connectivity index (χ2v) is 7.11. The van der Waals surface area contributed by atoms with Gasteiger partial charge in [-0.3, -0.25) is 14.6 Å². The van der Waals surface area contributed by atoms with Crippen LogP contribution in [0, 0.1) is 5.92 Å². The van der Waals surface area contributed by atoms with Gasteiger partial charge < -0.3 is 9.47 Å². The first-order valence-corrected chi connectivity index (χ1v) is 9.69. The second-order valence-electron chi connectivity index (χ2n) is 7.11. The fourth-order valence-electron chi connectivity index (χ4n) is 3.97. The molecule has 3 rings (SSSR count). The average Bonchev–Trinajstić information content (AvgIpc) is 2.67. The van der Waals surface area contributed by atoms with E-state index in [0.717, 1.165) is 42.7 Å². The first kappa shape index (κ1) is 19.3. The summed E-state index contributed by atoms with van der Waals surface area (Å²) in [5, 5.41) is 0. The van der Waals surface area contributed by atoms with Crippen LogP contribution in [-0.4, -0.2) is 31.2 Å². The minimum absolute atomic E-state index is 0.0785. The summed E-state index contributed by atoms with van der Waals surface area (Å²) in [5.41, 5.74) is 3.04. The number of hydrogen-bond donors (Lipinski definition) is 0. The second kappa shape index (κ2) is 8.51. The molecule has 1 aliphatic carbocycles. The molecule has 27 heavy (non-hydrogen) atoms. The summed E-state index contributed by atoms with van der Waals surface area (Å²) in [6.07, 6.45) is 4.06. The van der Waals surface area contributed by atoms with E-state index >= 15 is 0 Å². The monoisotopic (exact) mass is 369 g/mol. The molecule has 0 saturated heterocycles. The highest BCUT2D eigenvalue weighted by atomic mass is 16.5. The number of carbonyl (C=O) groups is 2. The van der Waals surface area contributed by atoms with Crippen LogP contribution in [0.25, 0.3) is 0 Å². The molecule has 1 aromatic carbocycles. The van der Waals surface area contributed by atoms with E-state index in [9.17, 15) is 9.59 Å². The summed E-state index contributed by atoms with van der Waals surface area (Å²) in [5.74, 6) is -0.573. The quantitative estimate of drug-likeness (QED) is 0.556. The van der Waals surface area contributed by atoms with Crippen LogP contribution in [0.2, 0.25) is 0 Å². The minimum atomic E-state index is -0.605. The van der Waals surface area contributed by atoms with Crippen LogP contribution in [0.4, 0.5) is 0 Å². The smallest absolute Gasteiger partial charge is 0.315 e. The van der Waals surface area contributed by atoms with E-state index in [1.54, 1.807) is 0 Å². The van der Waals surface area contributed by atoms with Crippen molar-refractivity contribution in [2.45, 2.75) is 51.9 Å². The third-order valence-electron chi connectivity index (χ3n) is 5.30. The number of ether oxygens (including phenoxy) is 2. The number of benzene rings is 1. The largest absolute Gasteiger partial charge is 0.493 e. The number of allylic oxidation sites excluding steroid dienone is 2. The number of hydrogen-bond acceptors (Lipinski definition) is 5. The van der Waals surface area contributed by atoms with Crippen LogP contribution < -0.4 is 4.74 Å². The van der Waals surface area contributed by atoms with E-state index in [0.29, 0.717) is 24.3 Å². The van der Waals surface area contributed by atoms with Crippen molar-refractivity contribution in [1.82, 2.24) is 0 Å². The van der Waals surface area contributed by atoms with Crippen LogP contribution in [0.15, 0.2) is 40.5 Å². The van der Waals surface area contributed by atoms with E-state index in [1.165, 1.54) is 7.11 Å². The van der Waals surface area contributed by atoms with Gasteiger partial charge in [0.1, 0.15) is 11.7 Å². The van der Waals surface area contributed by atoms with Crippen molar-refractivity contribution in [1.29, 1.82) is 0 Å². The molecule has 144 valence electrons. The Kier molecular flexibility index (Phi) is 6.09. The molecule has 0 fully saturated rings. The third-order valence-corrected chi connectivity index (χ3v) is 5.30. The molecule has 2 atom stereocenters.